The minimum atomic E-state index is -4.62. The number of anilines is 1. The fraction of sp³-hybridized carbons (Fsp3) is 0.462. The van der Waals surface area contributed by atoms with Gasteiger partial charge >= 0.3 is 6.18 Å². The number of carbonyl (C=O) groups excluding carboxylic acids is 1. The molecule has 0 saturated heterocycles. The second kappa shape index (κ2) is 13.3. The van der Waals surface area contributed by atoms with E-state index in [1.165, 1.54) is 5.56 Å². The first-order valence-electron chi connectivity index (χ1n) is 11.6. The van der Waals surface area contributed by atoms with Crippen LogP contribution in [-0.4, -0.2) is 23.4 Å². The highest BCUT2D eigenvalue weighted by Crippen LogP contribution is 2.37. The van der Waals surface area contributed by atoms with Gasteiger partial charge in [0, 0.05) is 18.8 Å². The van der Waals surface area contributed by atoms with Gasteiger partial charge in [-0.2, -0.15) is 13.2 Å². The molecule has 2 aliphatic carbocycles. The summed E-state index contributed by atoms with van der Waals surface area (Å²) in [7, 11) is 0. The zero-order valence-electron chi connectivity index (χ0n) is 19.5. The molecule has 0 heterocycles. The zero-order valence-corrected chi connectivity index (χ0v) is 19.5. The Kier molecular flexibility index (Phi) is 10.8. The maximum Gasteiger partial charge on any atom is 0.416 e. The lowest BCUT2D eigenvalue weighted by Gasteiger charge is -2.28. The number of amides is 1. The van der Waals surface area contributed by atoms with Crippen LogP contribution in [0.2, 0.25) is 0 Å². The molecule has 2 saturated carbocycles. The molecule has 198 valence electrons. The summed E-state index contributed by atoms with van der Waals surface area (Å²) in [5.41, 5.74) is -0.120. The van der Waals surface area contributed by atoms with Crippen molar-refractivity contribution < 1.29 is 41.0 Å². The minimum Gasteiger partial charge on any atom is -0.483 e. The summed E-state index contributed by atoms with van der Waals surface area (Å²) in [6.07, 6.45) is 0.265. The Labute approximate surface area is 205 Å². The summed E-state index contributed by atoms with van der Waals surface area (Å²) < 4.78 is 75.6. The van der Waals surface area contributed by atoms with E-state index in [2.05, 4.69) is 5.32 Å². The van der Waals surface area contributed by atoms with Crippen LogP contribution in [0, 0.1) is 11.7 Å². The quantitative estimate of drug-likeness (QED) is 0.325. The fourth-order valence-corrected chi connectivity index (χ4v) is 4.38. The number of alkyl halides is 5. The van der Waals surface area contributed by atoms with E-state index in [0.29, 0.717) is 31.7 Å². The number of hydrogen-bond donors (Lipinski definition) is 2. The largest absolute Gasteiger partial charge is 0.483 e. The molecule has 2 fully saturated rings. The first-order chi connectivity index (χ1) is 17.0. The molecular weight excluding hydrogens is 488 g/mol. The summed E-state index contributed by atoms with van der Waals surface area (Å²) in [6.45, 7) is -0.250. The van der Waals surface area contributed by atoms with Crippen LogP contribution < -0.4 is 5.32 Å². The molecule has 2 N–H and O–H groups in total. The van der Waals surface area contributed by atoms with Crippen molar-refractivity contribution in [3.63, 3.8) is 0 Å². The normalized spacial score (nSPS) is 20.7. The molecule has 4 rings (SSSR count). The lowest BCUT2D eigenvalue weighted by Crippen LogP contribution is -2.28. The molecule has 2 aromatic carbocycles. The number of nitrogens with one attached hydrogen (secondary N) is 1. The highest BCUT2D eigenvalue weighted by atomic mass is 19.4. The number of rotatable bonds is 3. The van der Waals surface area contributed by atoms with Crippen molar-refractivity contribution in [3.05, 3.63) is 65.5 Å². The first-order valence-corrected chi connectivity index (χ1v) is 11.6. The Morgan fingerprint density at radius 2 is 1.61 bits per heavy atom. The lowest BCUT2D eigenvalue weighted by molar-refractivity contribution is -0.137. The molecular formula is C26H29F6NO3. The van der Waals surface area contributed by atoms with Crippen LogP contribution >= 0.6 is 0 Å². The summed E-state index contributed by atoms with van der Waals surface area (Å²) in [5, 5.41) is 9.34. The maximum atomic E-state index is 13.9. The van der Waals surface area contributed by atoms with E-state index in [-0.39, 0.29) is 42.7 Å². The van der Waals surface area contributed by atoms with Crippen LogP contribution in [0.4, 0.5) is 32.0 Å². The van der Waals surface area contributed by atoms with Gasteiger partial charge in [0.15, 0.2) is 0 Å². The Hall–Kier alpha value is -3.04. The summed E-state index contributed by atoms with van der Waals surface area (Å²) in [4.78, 5) is 20.8. The monoisotopic (exact) mass is 517 g/mol. The molecule has 0 aromatic heterocycles. The van der Waals surface area contributed by atoms with Crippen molar-refractivity contribution in [1.29, 1.82) is 0 Å². The van der Waals surface area contributed by atoms with Crippen LogP contribution in [-0.2, 0) is 15.8 Å². The molecule has 0 aliphatic heterocycles. The zero-order chi connectivity index (χ0) is 26.8. The van der Waals surface area contributed by atoms with E-state index in [0.717, 1.165) is 25.0 Å². The molecule has 0 radical (unpaired) electrons. The standard InChI is InChI=1S/C20H19F4NO.C5H8F2.CH2O2/c21-17-12-16(20(22,23)24)9-10-18(17)25-19(26)15-8-4-7-14(11-15)13-5-2-1-3-6-13;6-5(7)3-1-2-4-5;2-1-3/h1-3,5-6,9-10,12,14-15H,4,7-8,11H2,(H,25,26);1-4H2;1H,(H,2,3). The predicted octanol–water partition coefficient (Wildman–Crippen LogP) is 7.65. The van der Waals surface area contributed by atoms with Gasteiger partial charge in [-0.3, -0.25) is 9.59 Å². The van der Waals surface area contributed by atoms with Crippen molar-refractivity contribution in [2.75, 3.05) is 5.32 Å². The number of hydrogen-bond acceptors (Lipinski definition) is 2. The van der Waals surface area contributed by atoms with Crippen LogP contribution in [0.5, 0.6) is 0 Å². The second-order valence-electron chi connectivity index (χ2n) is 8.82. The molecule has 2 aromatic rings. The highest BCUT2D eigenvalue weighted by Gasteiger charge is 2.33. The van der Waals surface area contributed by atoms with Crippen molar-refractivity contribution in [2.45, 2.75) is 69.4 Å². The van der Waals surface area contributed by atoms with Gasteiger partial charge in [0.25, 0.3) is 6.47 Å². The molecule has 36 heavy (non-hydrogen) atoms. The van der Waals surface area contributed by atoms with Crippen LogP contribution in [0.15, 0.2) is 48.5 Å². The summed E-state index contributed by atoms with van der Waals surface area (Å²) >= 11 is 0. The van der Waals surface area contributed by atoms with Gasteiger partial charge in [0.1, 0.15) is 5.82 Å². The third kappa shape index (κ3) is 9.20. The van der Waals surface area contributed by atoms with Crippen molar-refractivity contribution >= 4 is 18.1 Å². The van der Waals surface area contributed by atoms with E-state index < -0.39 is 23.5 Å². The minimum absolute atomic E-state index is 0.118. The molecule has 2 atom stereocenters. The van der Waals surface area contributed by atoms with Crippen LogP contribution in [0.25, 0.3) is 0 Å². The first kappa shape index (κ1) is 29.2. The van der Waals surface area contributed by atoms with E-state index in [1.54, 1.807) is 0 Å². The molecule has 0 spiro atoms. The van der Waals surface area contributed by atoms with Gasteiger partial charge < -0.3 is 10.4 Å². The van der Waals surface area contributed by atoms with Gasteiger partial charge in [-0.05, 0) is 61.8 Å². The lowest BCUT2D eigenvalue weighted by atomic mass is 9.77. The van der Waals surface area contributed by atoms with E-state index in [4.69, 9.17) is 9.90 Å². The molecule has 10 heteroatoms. The third-order valence-electron chi connectivity index (χ3n) is 6.21. The topological polar surface area (TPSA) is 66.4 Å². The SMILES string of the molecule is FC1(F)CCCC1.O=C(Nc1ccc(C(F)(F)F)cc1F)C1CCCC(c2ccccc2)C1.O=CO. The number of carbonyl (C=O) groups is 2. The third-order valence-corrected chi connectivity index (χ3v) is 6.21. The van der Waals surface area contributed by atoms with Crippen molar-refractivity contribution in [2.24, 2.45) is 5.92 Å². The molecule has 0 bridgehead atoms. The number of benzene rings is 2. The predicted molar refractivity (Wildman–Crippen MR) is 123 cm³/mol. The Bertz CT molecular complexity index is 973. The van der Waals surface area contributed by atoms with E-state index in [1.807, 2.05) is 30.3 Å². The van der Waals surface area contributed by atoms with Gasteiger partial charge in [0.2, 0.25) is 11.8 Å². The van der Waals surface area contributed by atoms with Gasteiger partial charge in [-0.25, -0.2) is 13.2 Å². The Morgan fingerprint density at radius 3 is 2.11 bits per heavy atom. The maximum absolute atomic E-state index is 13.9. The Morgan fingerprint density at radius 1 is 1.00 bits per heavy atom. The van der Waals surface area contributed by atoms with Crippen LogP contribution in [0.3, 0.4) is 0 Å². The van der Waals surface area contributed by atoms with E-state index >= 15 is 0 Å². The van der Waals surface area contributed by atoms with Crippen LogP contribution in [0.1, 0.15) is 68.4 Å². The molecule has 4 nitrogen and oxygen atoms in total. The number of carboxylic acid groups (broad SMARTS) is 1. The number of halogens is 6. The van der Waals surface area contributed by atoms with Crippen molar-refractivity contribution in [3.8, 4) is 0 Å². The highest BCUT2D eigenvalue weighted by molar-refractivity contribution is 5.92. The summed E-state index contributed by atoms with van der Waals surface area (Å²) in [5.74, 6) is -3.75. The molecule has 2 aliphatic rings. The van der Waals surface area contributed by atoms with Gasteiger partial charge in [0.05, 0.1) is 11.3 Å². The molecule has 1 amide bonds. The molecule has 2 unspecified atom stereocenters. The summed E-state index contributed by atoms with van der Waals surface area (Å²) in [6, 6.07) is 12.0. The van der Waals surface area contributed by atoms with Gasteiger partial charge in [-0.1, -0.05) is 36.8 Å². The van der Waals surface area contributed by atoms with Crippen molar-refractivity contribution in [1.82, 2.24) is 0 Å². The fourth-order valence-electron chi connectivity index (χ4n) is 4.38. The average molecular weight is 518 g/mol. The second-order valence-corrected chi connectivity index (χ2v) is 8.82. The van der Waals surface area contributed by atoms with Gasteiger partial charge in [-0.15, -0.1) is 0 Å². The Balaban J connectivity index is 0.000000383. The van der Waals surface area contributed by atoms with E-state index in [9.17, 15) is 31.1 Å². The average Bonchev–Trinajstić information content (AvgIpc) is 3.25. The smallest absolute Gasteiger partial charge is 0.416 e.